The first-order valence-corrected chi connectivity index (χ1v) is 10.1. The second-order valence-electron chi connectivity index (χ2n) is 7.62. The van der Waals surface area contributed by atoms with Gasteiger partial charge in [0.05, 0.1) is 13.2 Å². The Morgan fingerprint density at radius 2 is 2.07 bits per heavy atom. The zero-order valence-corrected chi connectivity index (χ0v) is 16.7. The van der Waals surface area contributed by atoms with E-state index in [-0.39, 0.29) is 6.04 Å². The molecule has 2 aliphatic heterocycles. The van der Waals surface area contributed by atoms with Gasteiger partial charge in [0.2, 0.25) is 0 Å². The fourth-order valence-electron chi connectivity index (χ4n) is 4.56. The fraction of sp³-hybridized carbons (Fsp3) is 0.364. The summed E-state index contributed by atoms with van der Waals surface area (Å²) in [7, 11) is 1.66. The summed E-state index contributed by atoms with van der Waals surface area (Å²) in [5, 5.41) is 13.7. The predicted octanol–water partition coefficient (Wildman–Crippen LogP) is 3.04. The molecule has 0 N–H and O–H groups in total. The molecule has 2 aromatic heterocycles. The van der Waals surface area contributed by atoms with Crippen molar-refractivity contribution in [3.8, 4) is 23.1 Å². The maximum atomic E-state index is 9.34. The highest BCUT2D eigenvalue weighted by Gasteiger charge is 2.40. The second kappa shape index (κ2) is 7.76. The van der Waals surface area contributed by atoms with E-state index in [0.717, 1.165) is 55.2 Å². The number of hydrogen-bond acceptors (Lipinski definition) is 8. The van der Waals surface area contributed by atoms with Gasteiger partial charge in [0.1, 0.15) is 17.5 Å². The molecule has 3 aromatic rings. The lowest BCUT2D eigenvalue weighted by atomic mass is 10.1. The lowest BCUT2D eigenvalue weighted by Crippen LogP contribution is -2.51. The van der Waals surface area contributed by atoms with E-state index < -0.39 is 0 Å². The third kappa shape index (κ3) is 3.27. The highest BCUT2D eigenvalue weighted by atomic mass is 16.5. The smallest absolute Gasteiger partial charge is 0.183 e. The highest BCUT2D eigenvalue weighted by molar-refractivity contribution is 5.59. The minimum absolute atomic E-state index is 0.248. The number of rotatable bonds is 4. The summed E-state index contributed by atoms with van der Waals surface area (Å²) in [5.74, 6) is 2.23. The van der Waals surface area contributed by atoms with Crippen LogP contribution < -0.4 is 9.64 Å². The Balaban J connectivity index is 1.32. The van der Waals surface area contributed by atoms with E-state index in [1.54, 1.807) is 19.5 Å². The Morgan fingerprint density at radius 1 is 1.17 bits per heavy atom. The molecule has 2 fully saturated rings. The zero-order chi connectivity index (χ0) is 20.5. The molecule has 2 aliphatic rings. The lowest BCUT2D eigenvalue weighted by molar-refractivity contribution is 0.170. The summed E-state index contributed by atoms with van der Waals surface area (Å²) in [6.45, 7) is 2.53. The van der Waals surface area contributed by atoms with Crippen LogP contribution in [0.4, 0.5) is 5.82 Å². The number of aromatic nitrogens is 3. The van der Waals surface area contributed by atoms with E-state index in [9.17, 15) is 5.26 Å². The summed E-state index contributed by atoms with van der Waals surface area (Å²) >= 11 is 0. The first-order chi connectivity index (χ1) is 14.8. The maximum absolute atomic E-state index is 9.34. The number of hydrogen-bond donors (Lipinski definition) is 0. The first-order valence-electron chi connectivity index (χ1n) is 10.1. The number of fused-ring (bicyclic) bond motifs is 1. The minimum Gasteiger partial charge on any atom is -0.497 e. The topological polar surface area (TPSA) is 91.3 Å². The molecule has 0 unspecified atom stereocenters. The van der Waals surface area contributed by atoms with Crippen LogP contribution in [0.2, 0.25) is 0 Å². The lowest BCUT2D eigenvalue weighted by Gasteiger charge is -2.40. The molecular formula is C22H22N6O2. The molecule has 0 spiro atoms. The number of piperazine rings is 1. The van der Waals surface area contributed by atoms with Gasteiger partial charge in [0, 0.05) is 49.7 Å². The summed E-state index contributed by atoms with van der Waals surface area (Å²) in [5.41, 5.74) is 2.32. The van der Waals surface area contributed by atoms with Crippen molar-refractivity contribution >= 4 is 5.82 Å². The van der Waals surface area contributed by atoms with Crippen LogP contribution in [-0.4, -0.2) is 52.8 Å². The molecule has 0 saturated carbocycles. The summed E-state index contributed by atoms with van der Waals surface area (Å²) in [6, 6.07) is 12.7. The van der Waals surface area contributed by atoms with Crippen LogP contribution in [0.15, 0.2) is 47.2 Å². The molecule has 5 rings (SSSR count). The predicted molar refractivity (Wildman–Crippen MR) is 110 cm³/mol. The second-order valence-corrected chi connectivity index (χ2v) is 7.62. The van der Waals surface area contributed by atoms with Gasteiger partial charge in [0.15, 0.2) is 17.3 Å². The molecule has 2 saturated heterocycles. The van der Waals surface area contributed by atoms with Gasteiger partial charge in [-0.1, -0.05) is 17.3 Å². The third-order valence-corrected chi connectivity index (χ3v) is 6.01. The van der Waals surface area contributed by atoms with Crippen molar-refractivity contribution in [2.45, 2.75) is 24.9 Å². The largest absolute Gasteiger partial charge is 0.497 e. The van der Waals surface area contributed by atoms with Crippen molar-refractivity contribution in [3.63, 3.8) is 0 Å². The molecule has 0 aliphatic carbocycles. The molecule has 0 radical (unpaired) electrons. The van der Waals surface area contributed by atoms with Gasteiger partial charge in [-0.2, -0.15) is 5.26 Å². The van der Waals surface area contributed by atoms with E-state index in [1.165, 1.54) is 0 Å². The van der Waals surface area contributed by atoms with Crippen molar-refractivity contribution in [3.05, 3.63) is 54.1 Å². The molecule has 2 atom stereocenters. The van der Waals surface area contributed by atoms with Crippen LogP contribution in [-0.2, 0) is 0 Å². The number of benzene rings is 1. The average molecular weight is 402 g/mol. The molecule has 0 bridgehead atoms. The molecule has 30 heavy (non-hydrogen) atoms. The van der Waals surface area contributed by atoms with Crippen molar-refractivity contribution in [2.24, 2.45) is 0 Å². The Hall–Kier alpha value is -3.44. The normalized spacial score (nSPS) is 21.3. The van der Waals surface area contributed by atoms with Gasteiger partial charge in [-0.3, -0.25) is 4.90 Å². The molecule has 4 heterocycles. The molecule has 8 heteroatoms. The highest BCUT2D eigenvalue weighted by Crippen LogP contribution is 2.39. The van der Waals surface area contributed by atoms with Crippen molar-refractivity contribution in [1.29, 1.82) is 5.26 Å². The van der Waals surface area contributed by atoms with Crippen molar-refractivity contribution < 1.29 is 9.26 Å². The summed E-state index contributed by atoms with van der Waals surface area (Å²) in [6.07, 6.45) is 5.32. The maximum Gasteiger partial charge on any atom is 0.183 e. The Labute approximate surface area is 174 Å². The Morgan fingerprint density at radius 3 is 2.93 bits per heavy atom. The van der Waals surface area contributed by atoms with Gasteiger partial charge in [-0.15, -0.1) is 0 Å². The van der Waals surface area contributed by atoms with Gasteiger partial charge in [-0.05, 0) is 25.0 Å². The van der Waals surface area contributed by atoms with E-state index in [1.807, 2.05) is 30.3 Å². The third-order valence-electron chi connectivity index (χ3n) is 6.01. The van der Waals surface area contributed by atoms with Crippen LogP contribution in [0, 0.1) is 11.3 Å². The quantitative estimate of drug-likeness (QED) is 0.658. The van der Waals surface area contributed by atoms with Crippen LogP contribution in [0.5, 0.6) is 5.75 Å². The first kappa shape index (κ1) is 18.6. The van der Waals surface area contributed by atoms with Crippen LogP contribution >= 0.6 is 0 Å². The monoisotopic (exact) mass is 402 g/mol. The van der Waals surface area contributed by atoms with Crippen LogP contribution in [0.3, 0.4) is 0 Å². The van der Waals surface area contributed by atoms with Crippen LogP contribution in [0.25, 0.3) is 11.3 Å². The minimum atomic E-state index is 0.248. The fourth-order valence-corrected chi connectivity index (χ4v) is 4.56. The van der Waals surface area contributed by atoms with Crippen molar-refractivity contribution in [2.75, 3.05) is 31.6 Å². The van der Waals surface area contributed by atoms with Gasteiger partial charge < -0.3 is 14.2 Å². The Kier molecular flexibility index (Phi) is 4.81. The number of anilines is 1. The van der Waals surface area contributed by atoms with E-state index in [4.69, 9.17) is 9.26 Å². The summed E-state index contributed by atoms with van der Waals surface area (Å²) < 4.78 is 11.0. The number of nitriles is 1. The number of nitrogens with zero attached hydrogens (tertiary/aromatic N) is 6. The van der Waals surface area contributed by atoms with E-state index >= 15 is 0 Å². The number of ether oxygens (including phenoxy) is 1. The molecule has 1 aromatic carbocycles. The molecule has 152 valence electrons. The Bertz CT molecular complexity index is 1090. The molecule has 8 nitrogen and oxygen atoms in total. The van der Waals surface area contributed by atoms with Gasteiger partial charge in [0.25, 0.3) is 0 Å². The summed E-state index contributed by atoms with van der Waals surface area (Å²) in [4.78, 5) is 13.2. The van der Waals surface area contributed by atoms with E-state index in [2.05, 4.69) is 31.0 Å². The number of methoxy groups -OCH3 is 1. The van der Waals surface area contributed by atoms with Crippen LogP contribution in [0.1, 0.15) is 30.3 Å². The average Bonchev–Trinajstić information content (AvgIpc) is 3.45. The standard InChI is InChI=1S/C22H22N6O2/c1-29-17-4-2-3-15(11-17)21-12-18(26-30-21)20-6-5-16-14-27(9-10-28(16)20)22-19(13-23)24-7-8-25-22/h2-4,7-8,11-12,16,20H,5-6,9-10,14H2,1H3/t16-,20+/m0/s1. The molecule has 0 amide bonds. The molecular weight excluding hydrogens is 380 g/mol. The van der Waals surface area contributed by atoms with Gasteiger partial charge >= 0.3 is 0 Å². The zero-order valence-electron chi connectivity index (χ0n) is 16.7. The van der Waals surface area contributed by atoms with Gasteiger partial charge in [-0.25, -0.2) is 9.97 Å². The van der Waals surface area contributed by atoms with E-state index in [0.29, 0.717) is 17.6 Å². The van der Waals surface area contributed by atoms with Crippen molar-refractivity contribution in [1.82, 2.24) is 20.0 Å². The SMILES string of the molecule is COc1cccc(-c2cc([C@H]3CC[C@H]4CN(c5nccnc5C#N)CCN43)no2)c1.